The molecule has 0 aliphatic heterocycles. The van der Waals surface area contributed by atoms with Gasteiger partial charge in [-0.2, -0.15) is 0 Å². The topological polar surface area (TPSA) is 144 Å². The molecule has 42 heavy (non-hydrogen) atoms. The van der Waals surface area contributed by atoms with Crippen molar-refractivity contribution in [1.82, 2.24) is 10.6 Å². The summed E-state index contributed by atoms with van der Waals surface area (Å²) in [6.45, 7) is 3.90. The van der Waals surface area contributed by atoms with Crippen LogP contribution in [0.15, 0.2) is 91.0 Å². The Kier molecular flexibility index (Phi) is 13.0. The highest BCUT2D eigenvalue weighted by atomic mass is 31.1. The van der Waals surface area contributed by atoms with Crippen molar-refractivity contribution in [3.05, 3.63) is 108 Å². The minimum atomic E-state index is -2.36. The molecule has 9 heteroatoms. The summed E-state index contributed by atoms with van der Waals surface area (Å²) in [5.74, 6) is -2.66. The van der Waals surface area contributed by atoms with Gasteiger partial charge in [-0.05, 0) is 41.9 Å². The minimum absolute atomic E-state index is 0.0770. The summed E-state index contributed by atoms with van der Waals surface area (Å²) in [5, 5.41) is 5.65. The third-order valence-corrected chi connectivity index (χ3v) is 9.06. The van der Waals surface area contributed by atoms with Crippen LogP contribution in [-0.2, 0) is 38.2 Å². The lowest BCUT2D eigenvalue weighted by molar-refractivity contribution is -0.132. The maximum atomic E-state index is 13.7. The summed E-state index contributed by atoms with van der Waals surface area (Å²) in [5.41, 5.74) is 14.7. The molecule has 6 N–H and O–H groups in total. The second-order valence-electron chi connectivity index (χ2n) is 11.2. The number of hydrogen-bond donors (Lipinski definition) is 4. The van der Waals surface area contributed by atoms with Gasteiger partial charge in [-0.1, -0.05) is 105 Å². The van der Waals surface area contributed by atoms with Crippen LogP contribution in [0.25, 0.3) is 0 Å². The van der Waals surface area contributed by atoms with Crippen molar-refractivity contribution in [1.29, 1.82) is 0 Å². The Morgan fingerprint density at radius 2 is 1.14 bits per heavy atom. The highest BCUT2D eigenvalue weighted by Gasteiger charge is 2.30. The Balaban J connectivity index is 1.75. The molecule has 0 saturated heterocycles. The molecule has 0 aliphatic rings. The SMILES string of the molecule is CC(C)C[C@H](NC(=O)[C@@H](Cc1ccccc1)C[PH](=O)[C@@H](N)Cc1ccccc1)C(=O)N[C@@H](Cc1ccccc1)C(N)=O. The van der Waals surface area contributed by atoms with E-state index >= 15 is 0 Å². The second-order valence-corrected chi connectivity index (χ2v) is 13.3. The molecule has 0 saturated carbocycles. The molecule has 5 atom stereocenters. The molecule has 0 aromatic heterocycles. The zero-order valence-corrected chi connectivity index (χ0v) is 25.4. The smallest absolute Gasteiger partial charge is 0.243 e. The van der Waals surface area contributed by atoms with Gasteiger partial charge in [0.25, 0.3) is 0 Å². The van der Waals surface area contributed by atoms with E-state index in [2.05, 4.69) is 10.6 Å². The van der Waals surface area contributed by atoms with Crippen LogP contribution in [0.5, 0.6) is 0 Å². The van der Waals surface area contributed by atoms with Gasteiger partial charge in [0.2, 0.25) is 17.7 Å². The normalized spacial score (nSPS) is 14.8. The van der Waals surface area contributed by atoms with Gasteiger partial charge in [-0.25, -0.2) is 0 Å². The van der Waals surface area contributed by atoms with Gasteiger partial charge in [0.05, 0.1) is 13.6 Å². The lowest BCUT2D eigenvalue weighted by Gasteiger charge is -2.26. The molecule has 3 aromatic rings. The van der Waals surface area contributed by atoms with Crippen LogP contribution in [0, 0.1) is 11.8 Å². The Morgan fingerprint density at radius 3 is 1.62 bits per heavy atom. The van der Waals surface area contributed by atoms with Gasteiger partial charge in [0, 0.05) is 18.5 Å². The lowest BCUT2D eigenvalue weighted by Crippen LogP contribution is -2.55. The first-order valence-electron chi connectivity index (χ1n) is 14.4. The molecule has 8 nitrogen and oxygen atoms in total. The lowest BCUT2D eigenvalue weighted by atomic mass is 9.97. The molecule has 3 aromatic carbocycles. The minimum Gasteiger partial charge on any atom is -0.368 e. The van der Waals surface area contributed by atoms with E-state index in [1.165, 1.54) is 0 Å². The molecule has 1 unspecified atom stereocenters. The Labute approximate surface area is 249 Å². The van der Waals surface area contributed by atoms with Gasteiger partial charge in [0.1, 0.15) is 12.1 Å². The standard InChI is InChI=1S/C33H43N4O4P/c1-23(2)18-29(33(40)36-28(31(35)38)20-25-14-8-4-9-15-25)37-32(39)27(19-24-12-6-3-7-13-24)22-42(41)30(34)21-26-16-10-5-11-17-26/h3-17,23,27-30,42H,18-22,34H2,1-2H3,(H2,35,38)(H,36,40)(H,37,39)/t27-,28-,29-,30+/m0/s1. The Morgan fingerprint density at radius 1 is 0.690 bits per heavy atom. The fourth-order valence-corrected chi connectivity index (χ4v) is 6.45. The van der Waals surface area contributed by atoms with Crippen molar-refractivity contribution < 1.29 is 18.9 Å². The largest absolute Gasteiger partial charge is 0.368 e. The van der Waals surface area contributed by atoms with Gasteiger partial charge in [-0.3, -0.25) is 14.4 Å². The van der Waals surface area contributed by atoms with Crippen LogP contribution in [0.3, 0.4) is 0 Å². The number of nitrogens with one attached hydrogen (secondary N) is 2. The summed E-state index contributed by atoms with van der Waals surface area (Å²) in [6, 6.07) is 26.6. The van der Waals surface area contributed by atoms with E-state index in [0.717, 1.165) is 16.7 Å². The maximum Gasteiger partial charge on any atom is 0.243 e. The summed E-state index contributed by atoms with van der Waals surface area (Å²) < 4.78 is 13.4. The van der Waals surface area contributed by atoms with Crippen LogP contribution in [0.4, 0.5) is 0 Å². The number of rotatable bonds is 16. The van der Waals surface area contributed by atoms with E-state index in [4.69, 9.17) is 11.5 Å². The number of nitrogens with two attached hydrogens (primary N) is 2. The number of primary amides is 1. The van der Waals surface area contributed by atoms with E-state index in [-0.39, 0.29) is 24.4 Å². The number of carbonyl (C=O) groups excluding carboxylic acids is 3. The molecule has 0 aliphatic carbocycles. The van der Waals surface area contributed by atoms with E-state index in [0.29, 0.717) is 19.3 Å². The summed E-state index contributed by atoms with van der Waals surface area (Å²) in [4.78, 5) is 39.4. The van der Waals surface area contributed by atoms with Crippen LogP contribution in [0.2, 0.25) is 0 Å². The van der Waals surface area contributed by atoms with Crippen LogP contribution in [0.1, 0.15) is 37.0 Å². The molecule has 0 spiro atoms. The molecular weight excluding hydrogens is 547 g/mol. The number of amides is 3. The first-order chi connectivity index (χ1) is 20.1. The van der Waals surface area contributed by atoms with Crippen molar-refractivity contribution >= 4 is 25.5 Å². The zero-order valence-electron chi connectivity index (χ0n) is 24.4. The van der Waals surface area contributed by atoms with E-state index in [1.807, 2.05) is 105 Å². The number of hydrogen-bond acceptors (Lipinski definition) is 5. The highest BCUT2D eigenvalue weighted by Crippen LogP contribution is 2.31. The summed E-state index contributed by atoms with van der Waals surface area (Å²) in [6.07, 6.45) is 1.52. The maximum absolute atomic E-state index is 13.7. The number of carbonyl (C=O) groups is 3. The number of benzene rings is 3. The average Bonchev–Trinajstić information content (AvgIpc) is 2.97. The predicted octanol–water partition coefficient (Wildman–Crippen LogP) is 3.68. The van der Waals surface area contributed by atoms with E-state index < -0.39 is 43.4 Å². The first-order valence-corrected chi connectivity index (χ1v) is 16.1. The van der Waals surface area contributed by atoms with Crippen molar-refractivity contribution in [3.8, 4) is 0 Å². The third kappa shape index (κ3) is 10.9. The van der Waals surface area contributed by atoms with Crippen LogP contribution < -0.4 is 22.1 Å². The van der Waals surface area contributed by atoms with Crippen LogP contribution >= 0.6 is 7.80 Å². The average molecular weight is 591 g/mol. The second kappa shape index (κ2) is 16.6. The Hall–Kier alpha value is -3.74. The van der Waals surface area contributed by atoms with Crippen LogP contribution in [-0.4, -0.2) is 41.8 Å². The fraction of sp³-hybridized carbons (Fsp3) is 0.364. The van der Waals surface area contributed by atoms with Crippen molar-refractivity contribution in [2.45, 2.75) is 57.4 Å². The molecule has 0 bridgehead atoms. The van der Waals surface area contributed by atoms with E-state index in [9.17, 15) is 18.9 Å². The molecule has 0 radical (unpaired) electrons. The van der Waals surface area contributed by atoms with Gasteiger partial charge >= 0.3 is 0 Å². The van der Waals surface area contributed by atoms with Gasteiger partial charge in [-0.15, -0.1) is 0 Å². The Bertz CT molecular complexity index is 1310. The molecule has 224 valence electrons. The first kappa shape index (κ1) is 32.8. The molecule has 3 rings (SSSR count). The summed E-state index contributed by atoms with van der Waals surface area (Å²) >= 11 is 0. The molecule has 0 heterocycles. The highest BCUT2D eigenvalue weighted by molar-refractivity contribution is 7.45. The summed E-state index contributed by atoms with van der Waals surface area (Å²) in [7, 11) is -2.36. The quantitative estimate of drug-likeness (QED) is 0.188. The van der Waals surface area contributed by atoms with Gasteiger partial charge < -0.3 is 26.7 Å². The van der Waals surface area contributed by atoms with Crippen molar-refractivity contribution in [3.63, 3.8) is 0 Å². The monoisotopic (exact) mass is 590 g/mol. The van der Waals surface area contributed by atoms with Gasteiger partial charge in [0.15, 0.2) is 0 Å². The zero-order chi connectivity index (χ0) is 30.5. The van der Waals surface area contributed by atoms with E-state index in [1.54, 1.807) is 0 Å². The van der Waals surface area contributed by atoms with Crippen molar-refractivity contribution in [2.75, 3.05) is 6.16 Å². The van der Waals surface area contributed by atoms with Crippen molar-refractivity contribution in [2.24, 2.45) is 23.3 Å². The molecule has 0 fully saturated rings. The molecule has 3 amide bonds. The molecular formula is C33H43N4O4P. The fourth-order valence-electron chi connectivity index (χ4n) is 4.87. The third-order valence-electron chi connectivity index (χ3n) is 7.14. The predicted molar refractivity (Wildman–Crippen MR) is 168 cm³/mol.